The predicted octanol–water partition coefficient (Wildman–Crippen LogP) is 2.63. The molecule has 0 radical (unpaired) electrons. The molecule has 130 valence electrons. The molecule has 1 amide bonds. The van der Waals surface area contributed by atoms with Gasteiger partial charge in [-0.3, -0.25) is 4.79 Å². The number of nitrogens with zero attached hydrogens (tertiary/aromatic N) is 2. The van der Waals surface area contributed by atoms with E-state index in [0.29, 0.717) is 6.04 Å². The minimum Gasteiger partial charge on any atom is -0.360 e. The molecule has 1 saturated heterocycles. The second-order valence-corrected chi connectivity index (χ2v) is 8.45. The number of rotatable bonds is 3. The molecule has 4 nitrogen and oxygen atoms in total. The van der Waals surface area contributed by atoms with E-state index in [2.05, 4.69) is 24.1 Å². The Balaban J connectivity index is 1.53. The van der Waals surface area contributed by atoms with Crippen LogP contribution in [0.2, 0.25) is 0 Å². The Hall–Kier alpha value is -0.840. The van der Waals surface area contributed by atoms with Crippen LogP contribution in [0.15, 0.2) is 0 Å². The van der Waals surface area contributed by atoms with Crippen LogP contribution in [0, 0.1) is 17.8 Å². The van der Waals surface area contributed by atoms with Crippen LogP contribution in [0.1, 0.15) is 52.4 Å². The number of thiocarbonyl (C=S) groups is 1. The highest BCUT2D eigenvalue weighted by molar-refractivity contribution is 7.80. The molecule has 0 spiro atoms. The van der Waals surface area contributed by atoms with Crippen molar-refractivity contribution < 1.29 is 4.79 Å². The van der Waals surface area contributed by atoms with E-state index in [9.17, 15) is 4.79 Å². The Kier molecular flexibility index (Phi) is 5.14. The number of carbonyl (C=O) groups excluding carboxylic acids is 1. The van der Waals surface area contributed by atoms with E-state index in [4.69, 9.17) is 12.2 Å². The van der Waals surface area contributed by atoms with E-state index in [1.54, 1.807) is 0 Å². The molecule has 5 heteroatoms. The molecule has 2 bridgehead atoms. The molecule has 4 atom stereocenters. The molecule has 1 aliphatic heterocycles. The van der Waals surface area contributed by atoms with Gasteiger partial charge in [0.15, 0.2) is 5.11 Å². The molecule has 3 aliphatic rings. The Bertz CT molecular complexity index is 467. The lowest BCUT2D eigenvalue weighted by molar-refractivity contribution is -0.137. The van der Waals surface area contributed by atoms with Gasteiger partial charge >= 0.3 is 0 Å². The largest absolute Gasteiger partial charge is 0.360 e. The normalized spacial score (nSPS) is 33.1. The van der Waals surface area contributed by atoms with Gasteiger partial charge in [0.1, 0.15) is 0 Å². The smallest absolute Gasteiger partial charge is 0.227 e. The molecule has 23 heavy (non-hydrogen) atoms. The van der Waals surface area contributed by atoms with Crippen molar-refractivity contribution in [2.24, 2.45) is 17.8 Å². The molecule has 1 heterocycles. The van der Waals surface area contributed by atoms with E-state index < -0.39 is 0 Å². The maximum Gasteiger partial charge on any atom is 0.227 e. The third-order valence-corrected chi connectivity index (χ3v) is 6.60. The van der Waals surface area contributed by atoms with Gasteiger partial charge in [-0.1, -0.05) is 6.42 Å². The minimum absolute atomic E-state index is 0.0935. The fraction of sp³-hybridized carbons (Fsp3) is 0.889. The minimum atomic E-state index is 0.0935. The zero-order chi connectivity index (χ0) is 16.6. The quantitative estimate of drug-likeness (QED) is 0.803. The van der Waals surface area contributed by atoms with Crippen molar-refractivity contribution in [2.45, 2.75) is 64.5 Å². The molecular formula is C18H31N3OS. The summed E-state index contributed by atoms with van der Waals surface area (Å²) in [6.07, 6.45) is 7.50. The summed E-state index contributed by atoms with van der Waals surface area (Å²) in [6, 6.07) is 0.840. The molecule has 0 unspecified atom stereocenters. The Labute approximate surface area is 146 Å². The molecule has 3 fully saturated rings. The number of nitrogens with one attached hydrogen (secondary N) is 1. The number of piperidine rings is 1. The van der Waals surface area contributed by atoms with Crippen LogP contribution in [0.3, 0.4) is 0 Å². The van der Waals surface area contributed by atoms with Crippen LogP contribution in [-0.2, 0) is 4.79 Å². The van der Waals surface area contributed by atoms with Crippen LogP contribution < -0.4 is 5.32 Å². The summed E-state index contributed by atoms with van der Waals surface area (Å²) in [6.45, 7) is 5.91. The maximum absolute atomic E-state index is 12.6. The van der Waals surface area contributed by atoms with E-state index in [0.717, 1.165) is 42.9 Å². The number of hydrogen-bond donors (Lipinski definition) is 1. The van der Waals surface area contributed by atoms with Crippen LogP contribution in [0.25, 0.3) is 0 Å². The van der Waals surface area contributed by atoms with Crippen molar-refractivity contribution in [3.05, 3.63) is 0 Å². The van der Waals surface area contributed by atoms with Gasteiger partial charge in [-0.15, -0.1) is 0 Å². The van der Waals surface area contributed by atoms with Gasteiger partial charge in [0.2, 0.25) is 5.91 Å². The lowest BCUT2D eigenvalue weighted by atomic mass is 9.95. The van der Waals surface area contributed by atoms with Crippen molar-refractivity contribution in [2.75, 3.05) is 20.1 Å². The summed E-state index contributed by atoms with van der Waals surface area (Å²) < 4.78 is 0. The van der Waals surface area contributed by atoms with E-state index in [1.807, 2.05) is 11.9 Å². The van der Waals surface area contributed by atoms with Crippen molar-refractivity contribution >= 4 is 23.2 Å². The predicted molar refractivity (Wildman–Crippen MR) is 97.2 cm³/mol. The van der Waals surface area contributed by atoms with E-state index in [-0.39, 0.29) is 17.9 Å². The second kappa shape index (κ2) is 6.96. The van der Waals surface area contributed by atoms with Gasteiger partial charge in [0.05, 0.1) is 5.92 Å². The molecule has 0 aromatic rings. The van der Waals surface area contributed by atoms with Gasteiger partial charge in [0, 0.05) is 32.2 Å². The fourth-order valence-electron chi connectivity index (χ4n) is 4.58. The first-order valence-electron chi connectivity index (χ1n) is 9.27. The van der Waals surface area contributed by atoms with Crippen LogP contribution in [0.4, 0.5) is 0 Å². The number of carbonyl (C=O) groups is 1. The van der Waals surface area contributed by atoms with Crippen molar-refractivity contribution in [3.63, 3.8) is 0 Å². The van der Waals surface area contributed by atoms with Crippen LogP contribution in [0.5, 0.6) is 0 Å². The molecule has 2 saturated carbocycles. The van der Waals surface area contributed by atoms with Crippen molar-refractivity contribution in [3.8, 4) is 0 Å². The summed E-state index contributed by atoms with van der Waals surface area (Å²) >= 11 is 5.67. The average Bonchev–Trinajstić information content (AvgIpc) is 3.16. The third-order valence-electron chi connectivity index (χ3n) is 6.23. The zero-order valence-corrected chi connectivity index (χ0v) is 15.6. The SMILES string of the molecule is CC(C)N(C)C(=O)[C@@H]1CCCN(C(=S)N[C@H]2C[C@H]3CC[C@H]2C3)C1. The first kappa shape index (κ1) is 17.0. The number of hydrogen-bond acceptors (Lipinski definition) is 2. The molecule has 2 aliphatic carbocycles. The average molecular weight is 338 g/mol. The summed E-state index contributed by atoms with van der Waals surface area (Å²) in [5.74, 6) is 2.12. The fourth-order valence-corrected chi connectivity index (χ4v) is 4.89. The number of fused-ring (bicyclic) bond motifs is 2. The number of likely N-dealkylation sites (tertiary alicyclic amines) is 1. The second-order valence-electron chi connectivity index (χ2n) is 8.06. The van der Waals surface area contributed by atoms with Crippen molar-refractivity contribution in [1.29, 1.82) is 0 Å². The highest BCUT2D eigenvalue weighted by Crippen LogP contribution is 2.44. The first-order chi connectivity index (χ1) is 11.0. The molecule has 3 rings (SSSR count). The van der Waals surface area contributed by atoms with Gasteiger partial charge in [-0.2, -0.15) is 0 Å². The van der Waals surface area contributed by atoms with Crippen LogP contribution >= 0.6 is 12.2 Å². The first-order valence-corrected chi connectivity index (χ1v) is 9.68. The van der Waals surface area contributed by atoms with Gasteiger partial charge < -0.3 is 15.1 Å². The zero-order valence-electron chi connectivity index (χ0n) is 14.8. The molecular weight excluding hydrogens is 306 g/mol. The van der Waals surface area contributed by atoms with Gasteiger partial charge in [-0.25, -0.2) is 0 Å². The van der Waals surface area contributed by atoms with Crippen molar-refractivity contribution in [1.82, 2.24) is 15.1 Å². The summed E-state index contributed by atoms with van der Waals surface area (Å²) in [7, 11) is 1.91. The maximum atomic E-state index is 12.6. The summed E-state index contributed by atoms with van der Waals surface area (Å²) in [4.78, 5) is 16.7. The standard InChI is InChI=1S/C18H31N3OS/c1-12(2)20(3)17(22)15-5-4-8-21(11-15)18(23)19-16-10-13-6-7-14(16)9-13/h12-16H,4-11H2,1-3H3,(H,19,23)/t13-,14-,15+,16-/m0/s1. The highest BCUT2D eigenvalue weighted by atomic mass is 32.1. The highest BCUT2D eigenvalue weighted by Gasteiger charge is 2.40. The lowest BCUT2D eigenvalue weighted by Crippen LogP contribution is -2.52. The summed E-state index contributed by atoms with van der Waals surface area (Å²) in [5.41, 5.74) is 0. The van der Waals surface area contributed by atoms with E-state index in [1.165, 1.54) is 25.7 Å². The van der Waals surface area contributed by atoms with Crippen LogP contribution in [-0.4, -0.2) is 53.0 Å². The Morgan fingerprint density at radius 3 is 2.65 bits per heavy atom. The monoisotopic (exact) mass is 337 g/mol. The lowest BCUT2D eigenvalue weighted by Gasteiger charge is -2.37. The third kappa shape index (κ3) is 3.65. The van der Waals surface area contributed by atoms with Gasteiger partial charge in [0.25, 0.3) is 0 Å². The van der Waals surface area contributed by atoms with Gasteiger partial charge in [-0.05, 0) is 70.0 Å². The Morgan fingerprint density at radius 2 is 2.04 bits per heavy atom. The molecule has 1 N–H and O–H groups in total. The van der Waals surface area contributed by atoms with E-state index >= 15 is 0 Å². The number of amides is 1. The molecule has 0 aromatic carbocycles. The Morgan fingerprint density at radius 1 is 1.26 bits per heavy atom. The topological polar surface area (TPSA) is 35.6 Å². The molecule has 0 aromatic heterocycles. The summed E-state index contributed by atoms with van der Waals surface area (Å²) in [5, 5.41) is 4.51.